The molecule has 130 valence electrons. The lowest BCUT2D eigenvalue weighted by atomic mass is 10.1. The van der Waals surface area contributed by atoms with E-state index in [4.69, 9.17) is 10.2 Å². The number of amides is 1. The van der Waals surface area contributed by atoms with Crippen molar-refractivity contribution in [1.29, 1.82) is 0 Å². The molecule has 4 aromatic rings. The lowest BCUT2D eigenvalue weighted by Crippen LogP contribution is -2.12. The highest BCUT2D eigenvalue weighted by Gasteiger charge is 2.18. The van der Waals surface area contributed by atoms with Crippen molar-refractivity contribution in [2.75, 3.05) is 0 Å². The number of aromatic nitrogens is 4. The number of primary amides is 1. The van der Waals surface area contributed by atoms with Gasteiger partial charge in [0.05, 0.1) is 17.5 Å². The van der Waals surface area contributed by atoms with Gasteiger partial charge in [-0.15, -0.1) is 10.2 Å². The highest BCUT2D eigenvalue weighted by atomic mass is 19.1. The molecule has 0 atom stereocenters. The number of carbonyl (C=O) groups is 1. The number of phenols is 1. The summed E-state index contributed by atoms with van der Waals surface area (Å²) in [6, 6.07) is 9.12. The molecule has 2 aromatic carbocycles. The summed E-state index contributed by atoms with van der Waals surface area (Å²) in [4.78, 5) is 17.9. The van der Waals surface area contributed by atoms with Gasteiger partial charge in [-0.3, -0.25) is 4.79 Å². The van der Waals surface area contributed by atoms with Gasteiger partial charge >= 0.3 is 0 Å². The van der Waals surface area contributed by atoms with Crippen LogP contribution >= 0.6 is 0 Å². The van der Waals surface area contributed by atoms with Crippen molar-refractivity contribution >= 4 is 16.9 Å². The minimum Gasteiger partial charge on any atom is -0.505 e. The fraction of sp³-hybridized carbons (Fsp3) is 0.0588. The van der Waals surface area contributed by atoms with E-state index in [0.717, 1.165) is 5.56 Å². The van der Waals surface area contributed by atoms with Gasteiger partial charge in [-0.1, -0.05) is 12.1 Å². The van der Waals surface area contributed by atoms with Crippen LogP contribution < -0.4 is 5.73 Å². The van der Waals surface area contributed by atoms with Gasteiger partial charge < -0.3 is 20.2 Å². The van der Waals surface area contributed by atoms with Crippen LogP contribution in [-0.2, 0) is 6.42 Å². The van der Waals surface area contributed by atoms with Gasteiger partial charge in [-0.25, -0.2) is 9.37 Å². The molecule has 26 heavy (non-hydrogen) atoms. The maximum absolute atomic E-state index is 13.0. The van der Waals surface area contributed by atoms with Crippen molar-refractivity contribution in [1.82, 2.24) is 20.2 Å². The van der Waals surface area contributed by atoms with Gasteiger partial charge in [-0.2, -0.15) is 0 Å². The van der Waals surface area contributed by atoms with Crippen LogP contribution in [-0.4, -0.2) is 31.2 Å². The molecule has 0 unspecified atom stereocenters. The summed E-state index contributed by atoms with van der Waals surface area (Å²) in [5, 5.41) is 18.3. The number of aromatic amines is 1. The van der Waals surface area contributed by atoms with Crippen molar-refractivity contribution in [3.8, 4) is 17.2 Å². The van der Waals surface area contributed by atoms with Crippen molar-refractivity contribution in [2.24, 2.45) is 5.73 Å². The van der Waals surface area contributed by atoms with Crippen LogP contribution in [0.15, 0.2) is 40.8 Å². The van der Waals surface area contributed by atoms with Crippen LogP contribution in [0.3, 0.4) is 0 Å². The quantitative estimate of drug-likeness (QED) is 0.515. The third-order valence-corrected chi connectivity index (χ3v) is 3.83. The molecule has 0 aliphatic carbocycles. The number of hydrogen-bond donors (Lipinski definition) is 3. The minimum atomic E-state index is -0.735. The molecular weight excluding hydrogens is 341 g/mol. The average molecular weight is 353 g/mol. The summed E-state index contributed by atoms with van der Waals surface area (Å²) in [5.41, 5.74) is 6.89. The number of nitrogens with one attached hydrogen (secondary N) is 1. The van der Waals surface area contributed by atoms with E-state index in [1.807, 2.05) is 0 Å². The van der Waals surface area contributed by atoms with E-state index in [1.165, 1.54) is 12.1 Å². The molecule has 9 heteroatoms. The third-order valence-electron chi connectivity index (χ3n) is 3.83. The van der Waals surface area contributed by atoms with Gasteiger partial charge in [0.25, 0.3) is 11.8 Å². The molecule has 4 rings (SSSR count). The van der Waals surface area contributed by atoms with Crippen LogP contribution in [0.25, 0.3) is 22.5 Å². The summed E-state index contributed by atoms with van der Waals surface area (Å²) in [7, 11) is 0. The van der Waals surface area contributed by atoms with Crippen LogP contribution in [0.1, 0.15) is 22.1 Å². The van der Waals surface area contributed by atoms with Gasteiger partial charge in [0.15, 0.2) is 11.6 Å². The van der Waals surface area contributed by atoms with E-state index in [-0.39, 0.29) is 34.4 Å². The van der Waals surface area contributed by atoms with Crippen LogP contribution in [0.2, 0.25) is 0 Å². The molecule has 0 radical (unpaired) electrons. The maximum Gasteiger partial charge on any atom is 0.284 e. The second kappa shape index (κ2) is 5.96. The van der Waals surface area contributed by atoms with Crippen molar-refractivity contribution < 1.29 is 18.7 Å². The Morgan fingerprint density at radius 3 is 2.69 bits per heavy atom. The number of halogens is 1. The number of fused-ring (bicyclic) bond motifs is 1. The summed E-state index contributed by atoms with van der Waals surface area (Å²) >= 11 is 0. The first-order valence-corrected chi connectivity index (χ1v) is 7.60. The van der Waals surface area contributed by atoms with Crippen molar-refractivity contribution in [3.63, 3.8) is 0 Å². The van der Waals surface area contributed by atoms with Gasteiger partial charge in [-0.05, 0) is 29.8 Å². The number of rotatable bonds is 4. The first-order chi connectivity index (χ1) is 12.5. The second-order valence-corrected chi connectivity index (χ2v) is 5.61. The molecule has 8 nitrogen and oxygen atoms in total. The topological polar surface area (TPSA) is 131 Å². The summed E-state index contributed by atoms with van der Waals surface area (Å²) in [5.74, 6) is -0.914. The smallest absolute Gasteiger partial charge is 0.284 e. The van der Waals surface area contributed by atoms with Gasteiger partial charge in [0.2, 0.25) is 5.89 Å². The van der Waals surface area contributed by atoms with Crippen LogP contribution in [0, 0.1) is 5.82 Å². The number of aromatic hydroxyl groups is 1. The Bertz CT molecular complexity index is 1120. The summed E-state index contributed by atoms with van der Waals surface area (Å²) in [6.07, 6.45) is 0.324. The predicted octanol–water partition coefficient (Wildman–Crippen LogP) is 2.15. The molecule has 0 spiro atoms. The van der Waals surface area contributed by atoms with Crippen LogP contribution in [0.4, 0.5) is 4.39 Å². The number of hydrogen-bond acceptors (Lipinski definition) is 6. The zero-order chi connectivity index (χ0) is 18.3. The standard InChI is InChI=1S/C17H12FN5O3/c18-9-3-1-8(2-4-9)7-12-22-23-17(26-12)10-5-6-11-13(14(10)24)21-16(20-11)15(19)25/h1-6,24H,7H2,(H2,19,25)(H,20,21). The molecule has 0 fully saturated rings. The van der Waals surface area contributed by atoms with Crippen molar-refractivity contribution in [3.05, 3.63) is 59.5 Å². The SMILES string of the molecule is NC(=O)c1nc2c(O)c(-c3nnc(Cc4ccc(F)cc4)o3)ccc2[nH]1. The second-order valence-electron chi connectivity index (χ2n) is 5.61. The molecular formula is C17H12FN5O3. The number of nitrogens with two attached hydrogens (primary N) is 1. The Morgan fingerprint density at radius 1 is 1.19 bits per heavy atom. The monoisotopic (exact) mass is 353 g/mol. The fourth-order valence-corrected chi connectivity index (χ4v) is 2.56. The molecule has 1 amide bonds. The number of carbonyl (C=O) groups excluding carboxylic acids is 1. The molecule has 2 heterocycles. The van der Waals surface area contributed by atoms with E-state index < -0.39 is 5.91 Å². The highest BCUT2D eigenvalue weighted by Crippen LogP contribution is 2.34. The molecule has 0 aliphatic heterocycles. The van der Waals surface area contributed by atoms with E-state index >= 15 is 0 Å². The summed E-state index contributed by atoms with van der Waals surface area (Å²) < 4.78 is 18.5. The number of phenolic OH excluding ortho intramolecular Hbond substituents is 1. The van der Waals surface area contributed by atoms with Crippen LogP contribution in [0.5, 0.6) is 5.75 Å². The number of benzene rings is 2. The number of nitrogens with zero attached hydrogens (tertiary/aromatic N) is 3. The molecule has 0 saturated carbocycles. The number of imidazole rings is 1. The third kappa shape index (κ3) is 2.75. The normalized spacial score (nSPS) is 11.1. The molecule has 0 saturated heterocycles. The Kier molecular flexibility index (Phi) is 3.61. The maximum atomic E-state index is 13.0. The molecule has 4 N–H and O–H groups in total. The highest BCUT2D eigenvalue weighted by molar-refractivity contribution is 5.96. The lowest BCUT2D eigenvalue weighted by molar-refractivity contribution is 0.0991. The Labute approximate surface area is 145 Å². The largest absolute Gasteiger partial charge is 0.505 e. The van der Waals surface area contributed by atoms with E-state index in [2.05, 4.69) is 20.2 Å². The molecule has 0 bridgehead atoms. The average Bonchev–Trinajstić information content (AvgIpc) is 3.25. The zero-order valence-electron chi connectivity index (χ0n) is 13.2. The van der Waals surface area contributed by atoms with E-state index in [0.29, 0.717) is 17.8 Å². The first kappa shape index (κ1) is 15.8. The Hall–Kier alpha value is -3.75. The zero-order valence-corrected chi connectivity index (χ0v) is 13.2. The summed E-state index contributed by atoms with van der Waals surface area (Å²) in [6.45, 7) is 0. The van der Waals surface area contributed by atoms with Crippen molar-refractivity contribution in [2.45, 2.75) is 6.42 Å². The Morgan fingerprint density at radius 2 is 1.96 bits per heavy atom. The predicted molar refractivity (Wildman–Crippen MR) is 88.8 cm³/mol. The van der Waals surface area contributed by atoms with E-state index in [1.54, 1.807) is 24.3 Å². The van der Waals surface area contributed by atoms with E-state index in [9.17, 15) is 14.3 Å². The number of H-pyrrole nitrogens is 1. The van der Waals surface area contributed by atoms with Gasteiger partial charge in [0.1, 0.15) is 11.3 Å². The minimum absolute atomic E-state index is 0.0602. The first-order valence-electron chi connectivity index (χ1n) is 7.60. The molecule has 0 aliphatic rings. The van der Waals surface area contributed by atoms with Gasteiger partial charge in [0, 0.05) is 0 Å². The Balaban J connectivity index is 1.67. The lowest BCUT2D eigenvalue weighted by Gasteiger charge is -2.00. The fourth-order valence-electron chi connectivity index (χ4n) is 2.56. The molecule has 2 aromatic heterocycles.